The molecule has 0 bridgehead atoms. The summed E-state index contributed by atoms with van der Waals surface area (Å²) in [7, 11) is 1.96. The largest absolute Gasteiger partial charge is 0.300 e. The molecule has 1 amide bonds. The number of nitrogens with zero attached hydrogens (tertiary/aromatic N) is 2. The van der Waals surface area contributed by atoms with Gasteiger partial charge in [-0.25, -0.2) is 0 Å². The van der Waals surface area contributed by atoms with Gasteiger partial charge < -0.3 is 0 Å². The van der Waals surface area contributed by atoms with Crippen LogP contribution in [0.3, 0.4) is 0 Å². The molecule has 3 rings (SSSR count). The molecule has 0 N–H and O–H groups in total. The molecule has 0 fully saturated rings. The zero-order valence-electron chi connectivity index (χ0n) is 13.7. The molecule has 4 heteroatoms. The van der Waals surface area contributed by atoms with E-state index in [4.69, 9.17) is 0 Å². The van der Waals surface area contributed by atoms with Crippen molar-refractivity contribution in [2.24, 2.45) is 0 Å². The highest BCUT2D eigenvalue weighted by Gasteiger charge is 2.35. The van der Waals surface area contributed by atoms with E-state index in [2.05, 4.69) is 36.9 Å². The Morgan fingerprint density at radius 3 is 2.57 bits per heavy atom. The molecule has 0 unspecified atom stereocenters. The average Bonchev–Trinajstić information content (AvgIpc) is 2.76. The number of carbonyl (C=O) groups excluding carboxylic acids is 2. The van der Waals surface area contributed by atoms with Gasteiger partial charge in [0.1, 0.15) is 0 Å². The second-order valence-corrected chi connectivity index (χ2v) is 6.16. The molecule has 2 aromatic rings. The van der Waals surface area contributed by atoms with E-state index in [1.54, 1.807) is 17.0 Å². The van der Waals surface area contributed by atoms with Gasteiger partial charge in [0.25, 0.3) is 5.78 Å². The van der Waals surface area contributed by atoms with E-state index >= 15 is 0 Å². The molecule has 0 spiro atoms. The van der Waals surface area contributed by atoms with Gasteiger partial charge in [0.2, 0.25) is 0 Å². The highest BCUT2D eigenvalue weighted by molar-refractivity contribution is 6.52. The molecule has 0 saturated heterocycles. The SMILES string of the molecule is Cc1ccc(C)c(CN(C)CN2C(=O)C(=O)c3ccccc32)c1. The zero-order chi connectivity index (χ0) is 16.6. The first-order valence-electron chi connectivity index (χ1n) is 7.67. The highest BCUT2D eigenvalue weighted by atomic mass is 16.2. The first-order valence-corrected chi connectivity index (χ1v) is 7.67. The number of benzene rings is 2. The smallest absolute Gasteiger partial charge is 0.291 e. The van der Waals surface area contributed by atoms with Crippen molar-refractivity contribution >= 4 is 17.4 Å². The maximum Gasteiger partial charge on any atom is 0.300 e. The van der Waals surface area contributed by atoms with Gasteiger partial charge in [0.15, 0.2) is 0 Å². The van der Waals surface area contributed by atoms with Gasteiger partial charge in [0, 0.05) is 6.54 Å². The standard InChI is InChI=1S/C19H20N2O2/c1-13-8-9-14(2)15(10-13)11-20(3)12-21-17-7-5-4-6-16(17)18(22)19(21)23/h4-10H,11-12H2,1-3H3. The fourth-order valence-corrected chi connectivity index (χ4v) is 2.94. The topological polar surface area (TPSA) is 40.6 Å². The third-order valence-corrected chi connectivity index (χ3v) is 4.21. The number of Topliss-reactive ketones (excluding diaryl/α,β-unsaturated/α-hetero) is 1. The van der Waals surface area contributed by atoms with E-state index in [0.717, 1.165) is 6.54 Å². The summed E-state index contributed by atoms with van der Waals surface area (Å²) in [4.78, 5) is 27.9. The number of fused-ring (bicyclic) bond motifs is 1. The number of aryl methyl sites for hydroxylation is 2. The Bertz CT molecular complexity index is 783. The van der Waals surface area contributed by atoms with Crippen molar-refractivity contribution < 1.29 is 9.59 Å². The van der Waals surface area contributed by atoms with Gasteiger partial charge in [0.05, 0.1) is 17.9 Å². The van der Waals surface area contributed by atoms with Gasteiger partial charge in [-0.2, -0.15) is 0 Å². The van der Waals surface area contributed by atoms with Crippen LogP contribution in [0, 0.1) is 13.8 Å². The summed E-state index contributed by atoms with van der Waals surface area (Å²) in [6.45, 7) is 5.28. The lowest BCUT2D eigenvalue weighted by Crippen LogP contribution is -2.39. The average molecular weight is 308 g/mol. The molecule has 1 heterocycles. The molecule has 2 aromatic carbocycles. The van der Waals surface area contributed by atoms with Crippen molar-refractivity contribution in [3.8, 4) is 0 Å². The van der Waals surface area contributed by atoms with E-state index in [-0.39, 0.29) is 0 Å². The lowest BCUT2D eigenvalue weighted by Gasteiger charge is -2.25. The number of para-hydroxylation sites is 1. The van der Waals surface area contributed by atoms with Gasteiger partial charge >= 0.3 is 5.91 Å². The Balaban J connectivity index is 1.78. The van der Waals surface area contributed by atoms with Gasteiger partial charge in [-0.1, -0.05) is 35.9 Å². The van der Waals surface area contributed by atoms with Gasteiger partial charge in [-0.05, 0) is 44.2 Å². The van der Waals surface area contributed by atoms with Crippen LogP contribution >= 0.6 is 0 Å². The lowest BCUT2D eigenvalue weighted by molar-refractivity contribution is -0.114. The molecule has 0 atom stereocenters. The summed E-state index contributed by atoms with van der Waals surface area (Å²) in [6, 6.07) is 13.5. The number of rotatable bonds is 4. The minimum atomic E-state index is -0.445. The van der Waals surface area contributed by atoms with Crippen molar-refractivity contribution in [1.29, 1.82) is 0 Å². The Labute approximate surface area is 136 Å². The number of amides is 1. The summed E-state index contributed by atoms with van der Waals surface area (Å²) in [5, 5.41) is 0. The third kappa shape index (κ3) is 2.90. The van der Waals surface area contributed by atoms with Crippen LogP contribution in [-0.4, -0.2) is 30.3 Å². The molecule has 0 saturated carbocycles. The Kier molecular flexibility index (Phi) is 4.01. The van der Waals surface area contributed by atoms with E-state index in [1.165, 1.54) is 16.7 Å². The second kappa shape index (κ2) is 5.97. The lowest BCUT2D eigenvalue weighted by atomic mass is 10.1. The number of anilines is 1. The first kappa shape index (κ1) is 15.4. The number of hydrogen-bond acceptors (Lipinski definition) is 3. The van der Waals surface area contributed by atoms with E-state index in [1.807, 2.05) is 19.2 Å². The van der Waals surface area contributed by atoms with E-state index < -0.39 is 11.7 Å². The summed E-state index contributed by atoms with van der Waals surface area (Å²) >= 11 is 0. The molecular formula is C19H20N2O2. The van der Waals surface area contributed by atoms with Crippen LogP contribution in [0.1, 0.15) is 27.0 Å². The normalized spacial score (nSPS) is 13.8. The quantitative estimate of drug-likeness (QED) is 0.815. The van der Waals surface area contributed by atoms with Crippen molar-refractivity contribution in [1.82, 2.24) is 4.90 Å². The minimum absolute atomic E-state index is 0.398. The third-order valence-electron chi connectivity index (χ3n) is 4.21. The van der Waals surface area contributed by atoms with Crippen molar-refractivity contribution in [2.75, 3.05) is 18.6 Å². The molecule has 0 radical (unpaired) electrons. The molecule has 4 nitrogen and oxygen atoms in total. The molecular weight excluding hydrogens is 288 g/mol. The molecule has 118 valence electrons. The summed E-state index contributed by atoms with van der Waals surface area (Å²) in [6.07, 6.45) is 0. The molecule has 1 aliphatic rings. The van der Waals surface area contributed by atoms with Crippen LogP contribution in [0.25, 0.3) is 0 Å². The molecule has 1 aliphatic heterocycles. The van der Waals surface area contributed by atoms with Crippen molar-refractivity contribution in [3.05, 3.63) is 64.7 Å². The second-order valence-electron chi connectivity index (χ2n) is 6.16. The first-order chi connectivity index (χ1) is 11.0. The van der Waals surface area contributed by atoms with E-state index in [9.17, 15) is 9.59 Å². The van der Waals surface area contributed by atoms with E-state index in [0.29, 0.717) is 17.9 Å². The summed E-state index contributed by atoms with van der Waals surface area (Å²) < 4.78 is 0. The summed E-state index contributed by atoms with van der Waals surface area (Å²) in [5.41, 5.74) is 4.88. The van der Waals surface area contributed by atoms with Gasteiger partial charge in [-0.15, -0.1) is 0 Å². The Morgan fingerprint density at radius 1 is 1.04 bits per heavy atom. The molecule has 0 aliphatic carbocycles. The van der Waals surface area contributed by atoms with Crippen molar-refractivity contribution in [3.63, 3.8) is 0 Å². The Morgan fingerprint density at radius 2 is 1.78 bits per heavy atom. The monoisotopic (exact) mass is 308 g/mol. The van der Waals surface area contributed by atoms with Crippen LogP contribution in [0.4, 0.5) is 5.69 Å². The summed E-state index contributed by atoms with van der Waals surface area (Å²) in [5.74, 6) is -0.861. The molecule has 0 aromatic heterocycles. The van der Waals surface area contributed by atoms with Crippen LogP contribution in [-0.2, 0) is 11.3 Å². The number of carbonyl (C=O) groups is 2. The fourth-order valence-electron chi connectivity index (χ4n) is 2.94. The van der Waals surface area contributed by atoms with Gasteiger partial charge in [-0.3, -0.25) is 19.4 Å². The van der Waals surface area contributed by atoms with Crippen LogP contribution in [0.5, 0.6) is 0 Å². The van der Waals surface area contributed by atoms with Crippen LogP contribution in [0.2, 0.25) is 0 Å². The predicted molar refractivity (Wildman–Crippen MR) is 90.5 cm³/mol. The molecule has 23 heavy (non-hydrogen) atoms. The van der Waals surface area contributed by atoms with Crippen molar-refractivity contribution in [2.45, 2.75) is 20.4 Å². The zero-order valence-corrected chi connectivity index (χ0v) is 13.7. The number of ketones is 1. The maximum atomic E-state index is 12.2. The van der Waals surface area contributed by atoms with Crippen LogP contribution < -0.4 is 4.90 Å². The number of hydrogen-bond donors (Lipinski definition) is 0. The van der Waals surface area contributed by atoms with Crippen LogP contribution in [0.15, 0.2) is 42.5 Å². The minimum Gasteiger partial charge on any atom is -0.291 e. The maximum absolute atomic E-state index is 12.2. The Hall–Kier alpha value is -2.46. The predicted octanol–water partition coefficient (Wildman–Crippen LogP) is 2.92. The fraction of sp³-hybridized carbons (Fsp3) is 0.263. The highest BCUT2D eigenvalue weighted by Crippen LogP contribution is 2.28.